The summed E-state index contributed by atoms with van der Waals surface area (Å²) in [6.45, 7) is 4.76. The zero-order valence-corrected chi connectivity index (χ0v) is 18.4. The molecule has 4 rings (SSSR count). The Morgan fingerprint density at radius 3 is 2.63 bits per heavy atom. The van der Waals surface area contributed by atoms with E-state index in [1.807, 2.05) is 43.3 Å². The first kappa shape index (κ1) is 20.5. The van der Waals surface area contributed by atoms with Crippen LogP contribution in [-0.2, 0) is 11.3 Å². The number of amides is 1. The number of rotatable bonds is 6. The summed E-state index contributed by atoms with van der Waals surface area (Å²) in [4.78, 5) is 17.3. The number of aryl methyl sites for hydroxylation is 2. The number of para-hydroxylation sites is 2. The molecule has 3 aromatic carbocycles. The Morgan fingerprint density at radius 1 is 1.03 bits per heavy atom. The molecule has 0 aliphatic carbocycles. The summed E-state index contributed by atoms with van der Waals surface area (Å²) in [6.07, 6.45) is 0. The average Bonchev–Trinajstić information content (AvgIpc) is 3.06. The van der Waals surface area contributed by atoms with Crippen molar-refractivity contribution in [3.05, 3.63) is 88.4 Å². The predicted molar refractivity (Wildman–Crippen MR) is 126 cm³/mol. The highest BCUT2D eigenvalue weighted by molar-refractivity contribution is 7.99. The van der Waals surface area contributed by atoms with Crippen LogP contribution < -0.4 is 5.32 Å². The second-order valence-electron chi connectivity index (χ2n) is 7.28. The van der Waals surface area contributed by atoms with Gasteiger partial charge in [-0.2, -0.15) is 0 Å². The lowest BCUT2D eigenvalue weighted by Crippen LogP contribution is -2.15. The number of fused-ring (bicyclic) bond motifs is 1. The number of thioether (sulfide) groups is 1. The van der Waals surface area contributed by atoms with Crippen molar-refractivity contribution in [1.82, 2.24) is 9.55 Å². The van der Waals surface area contributed by atoms with Gasteiger partial charge < -0.3 is 9.88 Å². The lowest BCUT2D eigenvalue weighted by atomic mass is 10.1. The molecule has 0 fully saturated rings. The van der Waals surface area contributed by atoms with Crippen LogP contribution in [0.2, 0.25) is 5.02 Å². The largest absolute Gasteiger partial charge is 0.324 e. The van der Waals surface area contributed by atoms with Gasteiger partial charge in [0.05, 0.1) is 34.0 Å². The van der Waals surface area contributed by atoms with Gasteiger partial charge in [0.15, 0.2) is 5.16 Å². The molecule has 0 saturated heterocycles. The van der Waals surface area contributed by atoms with Crippen LogP contribution in [0.1, 0.15) is 16.7 Å². The highest BCUT2D eigenvalue weighted by Crippen LogP contribution is 2.27. The Bertz CT molecular complexity index is 1220. The van der Waals surface area contributed by atoms with Gasteiger partial charge in [0.2, 0.25) is 5.91 Å². The van der Waals surface area contributed by atoms with E-state index in [1.165, 1.54) is 22.9 Å². The molecule has 30 heavy (non-hydrogen) atoms. The number of hydrogen-bond donors (Lipinski definition) is 1. The molecule has 0 saturated carbocycles. The maximum atomic E-state index is 12.5. The molecule has 4 aromatic rings. The second kappa shape index (κ2) is 8.94. The molecule has 0 aliphatic rings. The van der Waals surface area contributed by atoms with Gasteiger partial charge in [0, 0.05) is 0 Å². The fraction of sp³-hybridized carbons (Fsp3) is 0.167. The van der Waals surface area contributed by atoms with E-state index >= 15 is 0 Å². The van der Waals surface area contributed by atoms with Gasteiger partial charge in [0.25, 0.3) is 0 Å². The molecule has 0 spiro atoms. The van der Waals surface area contributed by atoms with Crippen molar-refractivity contribution in [2.24, 2.45) is 0 Å². The molecule has 1 aromatic heterocycles. The van der Waals surface area contributed by atoms with Crippen LogP contribution in [-0.4, -0.2) is 21.2 Å². The first-order chi connectivity index (χ1) is 14.5. The maximum Gasteiger partial charge on any atom is 0.234 e. The smallest absolute Gasteiger partial charge is 0.234 e. The number of carbonyl (C=O) groups is 1. The van der Waals surface area contributed by atoms with Gasteiger partial charge in [-0.1, -0.05) is 71.4 Å². The Labute approximate surface area is 185 Å². The highest BCUT2D eigenvalue weighted by atomic mass is 35.5. The molecule has 0 aliphatic heterocycles. The van der Waals surface area contributed by atoms with E-state index in [-0.39, 0.29) is 11.7 Å². The van der Waals surface area contributed by atoms with Crippen LogP contribution >= 0.6 is 23.4 Å². The first-order valence-electron chi connectivity index (χ1n) is 9.69. The van der Waals surface area contributed by atoms with Crippen LogP contribution in [0.5, 0.6) is 0 Å². The molecular weight excluding hydrogens is 414 g/mol. The lowest BCUT2D eigenvalue weighted by Gasteiger charge is -2.11. The van der Waals surface area contributed by atoms with Crippen molar-refractivity contribution >= 4 is 46.0 Å². The summed E-state index contributed by atoms with van der Waals surface area (Å²) in [6, 6.07) is 22.1. The normalized spacial score (nSPS) is 11.0. The molecule has 0 radical (unpaired) electrons. The summed E-state index contributed by atoms with van der Waals surface area (Å²) in [5.41, 5.74) is 6.09. The number of anilines is 1. The second-order valence-corrected chi connectivity index (χ2v) is 8.63. The minimum atomic E-state index is -0.111. The SMILES string of the molecule is Cc1cccc(Cn2c(SCC(=O)Nc3ccc(C)cc3Cl)nc3ccccc32)c1. The summed E-state index contributed by atoms with van der Waals surface area (Å²) in [5, 5.41) is 4.25. The number of imidazole rings is 1. The maximum absolute atomic E-state index is 12.5. The molecule has 4 nitrogen and oxygen atoms in total. The van der Waals surface area contributed by atoms with E-state index in [9.17, 15) is 4.79 Å². The van der Waals surface area contributed by atoms with Crippen LogP contribution in [0.15, 0.2) is 71.9 Å². The Kier molecular flexibility index (Phi) is 6.11. The molecule has 0 unspecified atom stereocenters. The van der Waals surface area contributed by atoms with Crippen LogP contribution in [0.25, 0.3) is 11.0 Å². The number of hydrogen-bond acceptors (Lipinski definition) is 3. The summed E-state index contributed by atoms with van der Waals surface area (Å²) < 4.78 is 2.17. The van der Waals surface area contributed by atoms with Crippen molar-refractivity contribution in [1.29, 1.82) is 0 Å². The van der Waals surface area contributed by atoms with E-state index in [0.29, 0.717) is 17.3 Å². The van der Waals surface area contributed by atoms with Crippen molar-refractivity contribution in [2.75, 3.05) is 11.1 Å². The predicted octanol–water partition coefficient (Wildman–Crippen LogP) is 6.09. The van der Waals surface area contributed by atoms with Gasteiger partial charge in [0.1, 0.15) is 0 Å². The lowest BCUT2D eigenvalue weighted by molar-refractivity contribution is -0.113. The van der Waals surface area contributed by atoms with Crippen LogP contribution in [0.4, 0.5) is 5.69 Å². The number of nitrogens with one attached hydrogen (secondary N) is 1. The third-order valence-corrected chi connectivity index (χ3v) is 6.06. The molecule has 0 bridgehead atoms. The zero-order chi connectivity index (χ0) is 21.1. The third kappa shape index (κ3) is 4.69. The van der Waals surface area contributed by atoms with Gasteiger partial charge in [-0.3, -0.25) is 4.79 Å². The number of halogens is 1. The molecule has 152 valence electrons. The van der Waals surface area contributed by atoms with Gasteiger partial charge in [-0.15, -0.1) is 0 Å². The topological polar surface area (TPSA) is 46.9 Å². The Balaban J connectivity index is 1.54. The average molecular weight is 436 g/mol. The highest BCUT2D eigenvalue weighted by Gasteiger charge is 2.14. The molecule has 1 N–H and O–H groups in total. The minimum absolute atomic E-state index is 0.111. The Hall–Kier alpha value is -2.76. The van der Waals surface area contributed by atoms with E-state index in [1.54, 1.807) is 0 Å². The first-order valence-corrected chi connectivity index (χ1v) is 11.1. The third-order valence-electron chi connectivity index (χ3n) is 4.77. The quantitative estimate of drug-likeness (QED) is 0.373. The van der Waals surface area contributed by atoms with Crippen molar-refractivity contribution in [3.63, 3.8) is 0 Å². The molecule has 1 amide bonds. The van der Waals surface area contributed by atoms with Gasteiger partial charge in [-0.05, 0) is 49.2 Å². The fourth-order valence-electron chi connectivity index (χ4n) is 3.35. The Morgan fingerprint density at radius 2 is 1.83 bits per heavy atom. The molecular formula is C24H22ClN3OS. The summed E-state index contributed by atoms with van der Waals surface area (Å²) in [7, 11) is 0. The van der Waals surface area contributed by atoms with Crippen LogP contribution in [0.3, 0.4) is 0 Å². The molecule has 1 heterocycles. The van der Waals surface area contributed by atoms with Crippen LogP contribution in [0, 0.1) is 13.8 Å². The number of aromatic nitrogens is 2. The molecule has 6 heteroatoms. The number of carbonyl (C=O) groups excluding carboxylic acids is 1. The van der Waals surface area contributed by atoms with E-state index in [0.717, 1.165) is 21.8 Å². The fourth-order valence-corrected chi connectivity index (χ4v) is 4.44. The van der Waals surface area contributed by atoms with E-state index in [4.69, 9.17) is 16.6 Å². The van der Waals surface area contributed by atoms with E-state index in [2.05, 4.69) is 47.1 Å². The van der Waals surface area contributed by atoms with E-state index < -0.39 is 0 Å². The number of benzene rings is 3. The van der Waals surface area contributed by atoms with Crippen molar-refractivity contribution in [2.45, 2.75) is 25.5 Å². The van der Waals surface area contributed by atoms with Crippen molar-refractivity contribution in [3.8, 4) is 0 Å². The van der Waals surface area contributed by atoms with Gasteiger partial charge in [-0.25, -0.2) is 4.98 Å². The molecule has 0 atom stereocenters. The standard InChI is InChI=1S/C24H22ClN3OS/c1-16-6-5-7-18(12-16)14-28-22-9-4-3-8-21(22)27-24(28)30-15-23(29)26-20-11-10-17(2)13-19(20)25/h3-13H,14-15H2,1-2H3,(H,26,29). The zero-order valence-electron chi connectivity index (χ0n) is 16.9. The van der Waals surface area contributed by atoms with Crippen molar-refractivity contribution < 1.29 is 4.79 Å². The monoisotopic (exact) mass is 435 g/mol. The number of nitrogens with zero attached hydrogens (tertiary/aromatic N) is 2. The summed E-state index contributed by atoms with van der Waals surface area (Å²) >= 11 is 7.66. The van der Waals surface area contributed by atoms with Gasteiger partial charge >= 0.3 is 0 Å². The summed E-state index contributed by atoms with van der Waals surface area (Å²) in [5.74, 6) is 0.140. The minimum Gasteiger partial charge on any atom is -0.324 e.